The molecular formula is C19H29N5O3. The molecule has 2 heterocycles. The Morgan fingerprint density at radius 2 is 1.93 bits per heavy atom. The highest BCUT2D eigenvalue weighted by molar-refractivity contribution is 6.05. The van der Waals surface area contributed by atoms with Crippen LogP contribution in [0.5, 0.6) is 0 Å². The monoisotopic (exact) mass is 375 g/mol. The molecule has 0 unspecified atom stereocenters. The molecule has 2 aromatic heterocycles. The zero-order valence-corrected chi connectivity index (χ0v) is 16.8. The minimum Gasteiger partial charge on any atom is -0.346 e. The van der Waals surface area contributed by atoms with Crippen molar-refractivity contribution in [1.29, 1.82) is 0 Å². The summed E-state index contributed by atoms with van der Waals surface area (Å²) in [5, 5.41) is 2.97. The van der Waals surface area contributed by atoms with Crippen molar-refractivity contribution in [3.8, 4) is 0 Å². The van der Waals surface area contributed by atoms with Crippen molar-refractivity contribution in [2.75, 3.05) is 6.54 Å². The fourth-order valence-electron chi connectivity index (χ4n) is 2.73. The number of carbonyl (C=O) groups excluding carboxylic acids is 1. The van der Waals surface area contributed by atoms with E-state index in [0.717, 1.165) is 0 Å². The summed E-state index contributed by atoms with van der Waals surface area (Å²) in [7, 11) is 0. The second kappa shape index (κ2) is 7.64. The Bertz CT molecular complexity index is 970. The third kappa shape index (κ3) is 4.44. The number of hydrogen-bond acceptors (Lipinski definition) is 5. The smallest absolute Gasteiger partial charge is 0.330 e. The van der Waals surface area contributed by atoms with Crippen LogP contribution < -0.4 is 22.3 Å². The first-order valence-corrected chi connectivity index (χ1v) is 9.17. The van der Waals surface area contributed by atoms with Gasteiger partial charge < -0.3 is 11.1 Å². The number of pyridine rings is 1. The number of nitrogens with one attached hydrogen (secondary N) is 2. The number of aromatic nitrogens is 3. The molecule has 27 heavy (non-hydrogen) atoms. The summed E-state index contributed by atoms with van der Waals surface area (Å²) in [6.45, 7) is 12.0. The Balaban J connectivity index is 2.85. The van der Waals surface area contributed by atoms with Crippen LogP contribution in [0.25, 0.3) is 11.0 Å². The summed E-state index contributed by atoms with van der Waals surface area (Å²) in [5.74, 6) is -0.236. The molecule has 0 saturated heterocycles. The maximum absolute atomic E-state index is 12.9. The summed E-state index contributed by atoms with van der Waals surface area (Å²) in [6.07, 6.45) is 0. The fraction of sp³-hybridized carbons (Fsp3) is 0.579. The highest BCUT2D eigenvalue weighted by Crippen LogP contribution is 2.20. The lowest BCUT2D eigenvalue weighted by Gasteiger charge is -2.25. The minimum absolute atomic E-state index is 0.0189. The summed E-state index contributed by atoms with van der Waals surface area (Å²) in [5.41, 5.74) is 5.01. The maximum Gasteiger partial charge on any atom is 0.330 e. The first kappa shape index (κ1) is 20.8. The first-order valence-electron chi connectivity index (χ1n) is 9.17. The van der Waals surface area contributed by atoms with E-state index in [-0.39, 0.29) is 35.0 Å². The molecular weight excluding hydrogens is 346 g/mol. The van der Waals surface area contributed by atoms with E-state index in [0.29, 0.717) is 12.2 Å². The summed E-state index contributed by atoms with van der Waals surface area (Å²) < 4.78 is 1.43. The van der Waals surface area contributed by atoms with Crippen molar-refractivity contribution < 1.29 is 4.79 Å². The van der Waals surface area contributed by atoms with E-state index < -0.39 is 22.7 Å². The van der Waals surface area contributed by atoms with Gasteiger partial charge in [0.1, 0.15) is 0 Å². The molecule has 8 heteroatoms. The number of aromatic amines is 1. The van der Waals surface area contributed by atoms with E-state index in [1.807, 2.05) is 27.7 Å². The summed E-state index contributed by atoms with van der Waals surface area (Å²) in [4.78, 5) is 44.7. The van der Waals surface area contributed by atoms with Crippen LogP contribution in [0.15, 0.2) is 15.7 Å². The van der Waals surface area contributed by atoms with Gasteiger partial charge in [-0.05, 0) is 31.7 Å². The number of H-pyrrole nitrogens is 1. The van der Waals surface area contributed by atoms with E-state index in [9.17, 15) is 14.4 Å². The van der Waals surface area contributed by atoms with Gasteiger partial charge in [0.25, 0.3) is 11.5 Å². The molecule has 0 aliphatic heterocycles. The quantitative estimate of drug-likeness (QED) is 0.703. The van der Waals surface area contributed by atoms with Crippen LogP contribution in [0.2, 0.25) is 0 Å². The number of carbonyl (C=O) groups is 1. The van der Waals surface area contributed by atoms with Crippen LogP contribution >= 0.6 is 0 Å². The molecule has 0 spiro atoms. The van der Waals surface area contributed by atoms with Crippen molar-refractivity contribution in [3.63, 3.8) is 0 Å². The topological polar surface area (TPSA) is 123 Å². The highest BCUT2D eigenvalue weighted by Gasteiger charge is 2.24. The maximum atomic E-state index is 12.9. The van der Waals surface area contributed by atoms with E-state index in [4.69, 9.17) is 5.73 Å². The second-order valence-corrected chi connectivity index (χ2v) is 8.25. The predicted octanol–water partition coefficient (Wildman–Crippen LogP) is 1.33. The van der Waals surface area contributed by atoms with E-state index in [1.165, 1.54) is 4.57 Å². The van der Waals surface area contributed by atoms with Crippen molar-refractivity contribution in [2.45, 2.75) is 59.5 Å². The minimum atomic E-state index is -0.635. The second-order valence-electron chi connectivity index (χ2n) is 8.25. The number of rotatable bonds is 6. The van der Waals surface area contributed by atoms with Gasteiger partial charge >= 0.3 is 5.69 Å². The molecule has 148 valence electrons. The number of fused-ring (bicyclic) bond motifs is 1. The first-order chi connectivity index (χ1) is 12.5. The van der Waals surface area contributed by atoms with Crippen LogP contribution in [0, 0.1) is 5.92 Å². The van der Waals surface area contributed by atoms with Gasteiger partial charge in [0, 0.05) is 24.3 Å². The summed E-state index contributed by atoms with van der Waals surface area (Å²) in [6, 6.07) is 1.62. The zero-order chi connectivity index (χ0) is 20.5. The van der Waals surface area contributed by atoms with Gasteiger partial charge in [0.15, 0.2) is 5.65 Å². The Kier molecular flexibility index (Phi) is 5.89. The van der Waals surface area contributed by atoms with Crippen molar-refractivity contribution in [2.24, 2.45) is 11.7 Å². The largest absolute Gasteiger partial charge is 0.346 e. The Morgan fingerprint density at radius 3 is 2.44 bits per heavy atom. The Morgan fingerprint density at radius 1 is 1.30 bits per heavy atom. The van der Waals surface area contributed by atoms with Gasteiger partial charge in [-0.2, -0.15) is 0 Å². The van der Waals surface area contributed by atoms with Crippen LogP contribution in [-0.2, 0) is 6.54 Å². The lowest BCUT2D eigenvalue weighted by atomic mass is 10.0. The molecule has 0 radical (unpaired) electrons. The van der Waals surface area contributed by atoms with Gasteiger partial charge in [0.05, 0.1) is 10.9 Å². The number of amides is 1. The van der Waals surface area contributed by atoms with Crippen molar-refractivity contribution in [3.05, 3.63) is 38.2 Å². The number of nitrogens with zero attached hydrogens (tertiary/aromatic N) is 2. The number of nitrogens with two attached hydrogens (primary N) is 1. The lowest BCUT2D eigenvalue weighted by Crippen LogP contribution is -2.49. The SMILES string of the molecule is CC(C)Cn1c(=O)[nH]c(=O)c2c(C(=O)NC(C)(C)CN)cc(C(C)C)nc21. The third-order valence-electron chi connectivity index (χ3n) is 4.31. The predicted molar refractivity (Wildman–Crippen MR) is 106 cm³/mol. The lowest BCUT2D eigenvalue weighted by molar-refractivity contribution is 0.0917. The summed E-state index contributed by atoms with van der Waals surface area (Å²) >= 11 is 0. The van der Waals surface area contributed by atoms with Gasteiger partial charge in [-0.3, -0.25) is 19.1 Å². The third-order valence-corrected chi connectivity index (χ3v) is 4.31. The van der Waals surface area contributed by atoms with Gasteiger partial charge in [-0.1, -0.05) is 27.7 Å². The molecule has 1 amide bonds. The van der Waals surface area contributed by atoms with Gasteiger partial charge in [-0.15, -0.1) is 0 Å². The molecule has 0 aliphatic carbocycles. The highest BCUT2D eigenvalue weighted by atomic mass is 16.2. The Labute approximate surface area is 158 Å². The molecule has 0 aliphatic rings. The van der Waals surface area contributed by atoms with Gasteiger partial charge in [-0.25, -0.2) is 9.78 Å². The molecule has 2 rings (SSSR count). The van der Waals surface area contributed by atoms with Crippen LogP contribution in [0.3, 0.4) is 0 Å². The van der Waals surface area contributed by atoms with E-state index in [1.54, 1.807) is 19.9 Å². The molecule has 8 nitrogen and oxygen atoms in total. The Hall–Kier alpha value is -2.48. The van der Waals surface area contributed by atoms with E-state index >= 15 is 0 Å². The van der Waals surface area contributed by atoms with Crippen molar-refractivity contribution in [1.82, 2.24) is 19.9 Å². The molecule has 2 aromatic rings. The average Bonchev–Trinajstić information content (AvgIpc) is 2.56. The average molecular weight is 375 g/mol. The molecule has 0 saturated carbocycles. The molecule has 4 N–H and O–H groups in total. The normalized spacial score (nSPS) is 12.2. The standard InChI is InChI=1S/C19H29N5O3/c1-10(2)8-24-15-14(17(26)22-18(24)27)12(7-13(21-15)11(3)4)16(25)23-19(5,6)9-20/h7,10-11H,8-9,20H2,1-6H3,(H,23,25)(H,22,26,27). The zero-order valence-electron chi connectivity index (χ0n) is 16.8. The van der Waals surface area contributed by atoms with Crippen LogP contribution in [0.4, 0.5) is 0 Å². The van der Waals surface area contributed by atoms with Crippen LogP contribution in [-0.4, -0.2) is 32.5 Å². The molecule has 0 bridgehead atoms. The fourth-order valence-corrected chi connectivity index (χ4v) is 2.73. The molecule has 0 fully saturated rings. The van der Waals surface area contributed by atoms with E-state index in [2.05, 4.69) is 15.3 Å². The number of hydrogen-bond donors (Lipinski definition) is 3. The molecule has 0 aromatic carbocycles. The molecule has 0 atom stereocenters. The van der Waals surface area contributed by atoms with Crippen LogP contribution in [0.1, 0.15) is 63.5 Å². The van der Waals surface area contributed by atoms with Gasteiger partial charge in [0.2, 0.25) is 0 Å². The van der Waals surface area contributed by atoms with Crippen molar-refractivity contribution >= 4 is 16.9 Å².